The van der Waals surface area contributed by atoms with Crippen LogP contribution >= 0.6 is 0 Å². The molecule has 0 saturated carbocycles. The summed E-state index contributed by atoms with van der Waals surface area (Å²) < 4.78 is 14.8. The van der Waals surface area contributed by atoms with Gasteiger partial charge in [0.1, 0.15) is 11.3 Å². The lowest BCUT2D eigenvalue weighted by Crippen LogP contribution is -2.42. The molecule has 3 rings (SSSR count). The Bertz CT molecular complexity index is 988. The molecule has 2 aromatic carbocycles. The zero-order valence-corrected chi connectivity index (χ0v) is 14.1. The maximum absolute atomic E-state index is 13.6. The highest BCUT2D eigenvalue weighted by Gasteiger charge is 2.15. The van der Waals surface area contributed by atoms with E-state index >= 15 is 0 Å². The van der Waals surface area contributed by atoms with Crippen molar-refractivity contribution in [2.24, 2.45) is 0 Å². The monoisotopic (exact) mass is 355 g/mol. The molecule has 0 spiro atoms. The van der Waals surface area contributed by atoms with Gasteiger partial charge in [-0.25, -0.2) is 13.9 Å². The zero-order valence-electron chi connectivity index (χ0n) is 14.1. The van der Waals surface area contributed by atoms with E-state index in [0.29, 0.717) is 17.3 Å². The first-order valence-corrected chi connectivity index (χ1v) is 8.23. The Hall–Kier alpha value is -3.29. The van der Waals surface area contributed by atoms with Crippen molar-refractivity contribution in [2.75, 3.05) is 5.32 Å². The van der Waals surface area contributed by atoms with Gasteiger partial charge in [-0.1, -0.05) is 36.4 Å². The number of halogens is 1. The molecule has 0 aliphatic carbocycles. The first kappa shape index (κ1) is 17.5. The summed E-state index contributed by atoms with van der Waals surface area (Å²) in [7, 11) is 0. The molecule has 1 aromatic heterocycles. The summed E-state index contributed by atoms with van der Waals surface area (Å²) in [5, 5.41) is 13.6. The molecule has 8 heteroatoms. The number of hydrogen-bond acceptors (Lipinski definition) is 4. The number of anilines is 1. The van der Waals surface area contributed by atoms with Gasteiger partial charge >= 0.3 is 6.03 Å². The van der Waals surface area contributed by atoms with Crippen molar-refractivity contribution >= 4 is 22.6 Å². The topological polar surface area (TPSA) is 88.9 Å². The van der Waals surface area contributed by atoms with Crippen molar-refractivity contribution in [3.05, 3.63) is 64.7 Å². The maximum Gasteiger partial charge on any atom is 0.319 e. The summed E-state index contributed by atoms with van der Waals surface area (Å²) in [6, 6.07) is 11.9. The first-order valence-electron chi connectivity index (χ1n) is 8.23. The molecule has 26 heavy (non-hydrogen) atoms. The predicted octanol–water partition coefficient (Wildman–Crippen LogP) is 2.53. The lowest BCUT2D eigenvalue weighted by atomic mass is 10.2. The second-order valence-corrected chi connectivity index (χ2v) is 5.78. The van der Waals surface area contributed by atoms with Crippen molar-refractivity contribution in [2.45, 2.75) is 25.9 Å². The van der Waals surface area contributed by atoms with Crippen molar-refractivity contribution in [1.82, 2.24) is 20.3 Å². The highest BCUT2D eigenvalue weighted by Crippen LogP contribution is 2.12. The van der Waals surface area contributed by atoms with Crippen molar-refractivity contribution in [3.63, 3.8) is 0 Å². The van der Waals surface area contributed by atoms with E-state index in [4.69, 9.17) is 0 Å². The van der Waals surface area contributed by atoms with Gasteiger partial charge in [-0.3, -0.25) is 4.79 Å². The highest BCUT2D eigenvalue weighted by atomic mass is 19.1. The number of fused-ring (bicyclic) bond motifs is 1. The fourth-order valence-electron chi connectivity index (χ4n) is 2.53. The molecule has 0 fully saturated rings. The molecule has 0 bridgehead atoms. The Labute approximate surface area is 148 Å². The van der Waals surface area contributed by atoms with E-state index in [0.717, 1.165) is 0 Å². The molecule has 0 aliphatic heterocycles. The average Bonchev–Trinajstić information content (AvgIpc) is 2.65. The summed E-state index contributed by atoms with van der Waals surface area (Å²) >= 11 is 0. The molecule has 3 aromatic rings. The molecule has 1 unspecified atom stereocenters. The van der Waals surface area contributed by atoms with Gasteiger partial charge in [-0.15, -0.1) is 5.10 Å². The quantitative estimate of drug-likeness (QED) is 0.736. The molecule has 2 N–H and O–H groups in total. The van der Waals surface area contributed by atoms with Crippen LogP contribution in [-0.2, 0) is 6.54 Å². The van der Waals surface area contributed by atoms with Crippen LogP contribution in [0.2, 0.25) is 0 Å². The lowest BCUT2D eigenvalue weighted by Gasteiger charge is -2.18. The van der Waals surface area contributed by atoms with E-state index in [1.807, 2.05) is 6.92 Å². The third-order valence-electron chi connectivity index (χ3n) is 3.97. The average molecular weight is 355 g/mol. The molecular formula is C18H18FN5O2. The second-order valence-electron chi connectivity index (χ2n) is 5.78. The molecule has 1 atom stereocenters. The van der Waals surface area contributed by atoms with Gasteiger partial charge in [0, 0.05) is 0 Å². The lowest BCUT2D eigenvalue weighted by molar-refractivity contribution is 0.245. The Morgan fingerprint density at radius 2 is 1.92 bits per heavy atom. The van der Waals surface area contributed by atoms with Crippen LogP contribution in [0.5, 0.6) is 0 Å². The molecule has 0 aliphatic rings. The number of aromatic nitrogens is 3. The minimum atomic E-state index is -0.552. The normalized spacial score (nSPS) is 11.9. The van der Waals surface area contributed by atoms with E-state index in [9.17, 15) is 14.0 Å². The predicted molar refractivity (Wildman–Crippen MR) is 96.4 cm³/mol. The van der Waals surface area contributed by atoms with Crippen LogP contribution in [-0.4, -0.2) is 27.1 Å². The molecule has 7 nitrogen and oxygen atoms in total. The number of nitrogens with one attached hydrogen (secondary N) is 2. The number of para-hydroxylation sites is 1. The largest absolute Gasteiger partial charge is 0.333 e. The number of nitrogens with zero attached hydrogens (tertiary/aromatic N) is 3. The van der Waals surface area contributed by atoms with Crippen LogP contribution in [0.3, 0.4) is 0 Å². The number of urea groups is 1. The van der Waals surface area contributed by atoms with Gasteiger partial charge in [-0.2, -0.15) is 0 Å². The highest BCUT2D eigenvalue weighted by molar-refractivity contribution is 5.89. The Morgan fingerprint density at radius 1 is 1.19 bits per heavy atom. The van der Waals surface area contributed by atoms with Gasteiger partial charge in [-0.05, 0) is 30.7 Å². The van der Waals surface area contributed by atoms with Crippen LogP contribution < -0.4 is 16.2 Å². The number of rotatable bonds is 5. The standard InChI is InChI=1S/C18H18FN5O2/c1-2-12(20-18(26)21-16-10-6-4-8-14(16)19)11-24-17(25)13-7-3-5-9-15(13)22-23-24/h3-10,12H,2,11H2,1H3,(H2,20,21,26). The third kappa shape index (κ3) is 3.85. The number of hydrogen-bond donors (Lipinski definition) is 2. The molecule has 0 saturated heterocycles. The number of amides is 2. The van der Waals surface area contributed by atoms with E-state index in [1.54, 1.807) is 30.3 Å². The van der Waals surface area contributed by atoms with Crippen molar-refractivity contribution in [3.8, 4) is 0 Å². The Balaban J connectivity index is 1.72. The molecule has 2 amide bonds. The van der Waals surface area contributed by atoms with Gasteiger partial charge in [0.25, 0.3) is 5.56 Å². The molecule has 0 radical (unpaired) electrons. The van der Waals surface area contributed by atoms with E-state index < -0.39 is 11.8 Å². The summed E-state index contributed by atoms with van der Waals surface area (Å²) in [6.07, 6.45) is 0.561. The van der Waals surface area contributed by atoms with E-state index in [-0.39, 0.29) is 23.8 Å². The fraction of sp³-hybridized carbons (Fsp3) is 0.222. The third-order valence-corrected chi connectivity index (χ3v) is 3.97. The van der Waals surface area contributed by atoms with Crippen molar-refractivity contribution < 1.29 is 9.18 Å². The van der Waals surface area contributed by atoms with E-state index in [1.165, 1.54) is 22.9 Å². The van der Waals surface area contributed by atoms with Crippen LogP contribution in [0.15, 0.2) is 53.3 Å². The number of carbonyl (C=O) groups excluding carboxylic acids is 1. The SMILES string of the molecule is CCC(Cn1nnc2ccccc2c1=O)NC(=O)Nc1ccccc1F. The van der Waals surface area contributed by atoms with Gasteiger partial charge in [0.05, 0.1) is 23.7 Å². The second kappa shape index (κ2) is 7.73. The number of carbonyl (C=O) groups is 1. The Morgan fingerprint density at radius 3 is 2.69 bits per heavy atom. The van der Waals surface area contributed by atoms with Crippen LogP contribution in [0.4, 0.5) is 14.9 Å². The van der Waals surface area contributed by atoms with Gasteiger partial charge in [0.15, 0.2) is 0 Å². The maximum atomic E-state index is 13.6. The smallest absolute Gasteiger partial charge is 0.319 e. The van der Waals surface area contributed by atoms with Crippen LogP contribution in [0.1, 0.15) is 13.3 Å². The first-order chi connectivity index (χ1) is 12.6. The molecule has 1 heterocycles. The minimum absolute atomic E-state index is 0.0857. The molecular weight excluding hydrogens is 337 g/mol. The summed E-state index contributed by atoms with van der Waals surface area (Å²) in [5.74, 6) is -0.521. The van der Waals surface area contributed by atoms with E-state index in [2.05, 4.69) is 20.9 Å². The summed E-state index contributed by atoms with van der Waals surface area (Å²) in [4.78, 5) is 24.6. The van der Waals surface area contributed by atoms with Crippen LogP contribution in [0, 0.1) is 5.82 Å². The minimum Gasteiger partial charge on any atom is -0.333 e. The van der Waals surface area contributed by atoms with Gasteiger partial charge in [0.2, 0.25) is 0 Å². The summed E-state index contributed by atoms with van der Waals surface area (Å²) in [5.41, 5.74) is 0.333. The summed E-state index contributed by atoms with van der Waals surface area (Å²) in [6.45, 7) is 2.03. The van der Waals surface area contributed by atoms with Crippen LogP contribution in [0.25, 0.3) is 10.9 Å². The number of benzene rings is 2. The van der Waals surface area contributed by atoms with Gasteiger partial charge < -0.3 is 10.6 Å². The molecule has 134 valence electrons. The fourth-order valence-corrected chi connectivity index (χ4v) is 2.53. The zero-order chi connectivity index (χ0) is 18.5. The van der Waals surface area contributed by atoms with Crippen molar-refractivity contribution in [1.29, 1.82) is 0 Å². The Kier molecular flexibility index (Phi) is 5.21.